The Hall–Kier alpha value is -3.70. The molecule has 0 atom stereocenters. The van der Waals surface area contributed by atoms with Crippen molar-refractivity contribution in [2.45, 2.75) is 31.9 Å². The summed E-state index contributed by atoms with van der Waals surface area (Å²) in [4.78, 5) is 25.4. The molecule has 2 aromatic carbocycles. The summed E-state index contributed by atoms with van der Waals surface area (Å²) in [6.07, 6.45) is -12.1. The Labute approximate surface area is 189 Å². The Morgan fingerprint density at radius 2 is 1.38 bits per heavy atom. The first-order valence-corrected chi connectivity index (χ1v) is 9.84. The molecule has 0 saturated carbocycles. The highest BCUT2D eigenvalue weighted by Crippen LogP contribution is 2.43. The molecule has 0 radical (unpaired) electrons. The van der Waals surface area contributed by atoms with Crippen LogP contribution in [0.3, 0.4) is 0 Å². The van der Waals surface area contributed by atoms with Gasteiger partial charge in [-0.05, 0) is 38.1 Å². The Balaban J connectivity index is 2.17. The van der Waals surface area contributed by atoms with Crippen molar-refractivity contribution in [2.75, 3.05) is 5.32 Å². The number of rotatable bonds is 5. The van der Waals surface area contributed by atoms with E-state index < -0.39 is 40.7 Å². The van der Waals surface area contributed by atoms with Gasteiger partial charge in [0.05, 0.1) is 11.4 Å². The van der Waals surface area contributed by atoms with E-state index in [2.05, 4.69) is 0 Å². The molecule has 3 rings (SSSR count). The number of aromatic nitrogens is 2. The number of benzene rings is 2. The predicted molar refractivity (Wildman–Crippen MR) is 113 cm³/mol. The van der Waals surface area contributed by atoms with Crippen LogP contribution in [0, 0.1) is 13.8 Å². The van der Waals surface area contributed by atoms with Crippen molar-refractivity contribution in [3.63, 3.8) is 0 Å². The number of halogens is 6. The second kappa shape index (κ2) is 8.58. The topological polar surface area (TPSA) is 68.1 Å². The predicted octanol–water partition coefficient (Wildman–Crippen LogP) is 4.46. The monoisotopic (exact) mass is 486 g/mol. The van der Waals surface area contributed by atoms with Crippen LogP contribution in [0.15, 0.2) is 59.4 Å². The van der Waals surface area contributed by atoms with E-state index in [4.69, 9.17) is 0 Å². The van der Waals surface area contributed by atoms with Crippen LogP contribution in [-0.4, -0.2) is 33.3 Å². The Morgan fingerprint density at radius 1 is 0.853 bits per heavy atom. The summed E-state index contributed by atoms with van der Waals surface area (Å²) < 4.78 is 86.5. The molecule has 0 aliphatic heterocycles. The van der Waals surface area contributed by atoms with E-state index >= 15 is 0 Å². The molecule has 0 aliphatic rings. The normalized spacial score (nSPS) is 12.5. The van der Waals surface area contributed by atoms with E-state index in [9.17, 15) is 35.9 Å². The third-order valence-corrected chi connectivity index (χ3v) is 5.33. The van der Waals surface area contributed by atoms with Crippen molar-refractivity contribution in [3.05, 3.63) is 81.8 Å². The Morgan fingerprint density at radius 3 is 1.88 bits per heavy atom. The fourth-order valence-corrected chi connectivity index (χ4v) is 3.32. The van der Waals surface area contributed by atoms with Gasteiger partial charge in [0.1, 0.15) is 5.69 Å². The third kappa shape index (κ3) is 4.27. The first-order chi connectivity index (χ1) is 15.7. The second-order valence-electron chi connectivity index (χ2n) is 7.63. The smallest absolute Gasteiger partial charge is 0.342 e. The van der Waals surface area contributed by atoms with E-state index in [1.165, 1.54) is 43.6 Å². The van der Waals surface area contributed by atoms with Gasteiger partial charge < -0.3 is 10.6 Å². The van der Waals surface area contributed by atoms with Crippen molar-refractivity contribution in [1.82, 2.24) is 14.7 Å². The van der Waals surface area contributed by atoms with Crippen LogP contribution >= 0.6 is 0 Å². The molecule has 2 N–H and O–H groups in total. The van der Waals surface area contributed by atoms with Crippen LogP contribution in [0.1, 0.15) is 21.6 Å². The van der Waals surface area contributed by atoms with Crippen LogP contribution in [0.2, 0.25) is 0 Å². The number of nitrogens with one attached hydrogen (secondary N) is 2. The average molecular weight is 486 g/mol. The van der Waals surface area contributed by atoms with Gasteiger partial charge in [0.25, 0.3) is 11.5 Å². The molecule has 12 heteroatoms. The maximum absolute atomic E-state index is 14.1. The highest BCUT2D eigenvalue weighted by atomic mass is 19.4. The fraction of sp³-hybridized carbons (Fsp3) is 0.273. The summed E-state index contributed by atoms with van der Waals surface area (Å²) in [5.74, 6) is -1.63. The number of nitrogens with zero attached hydrogens (tertiary/aromatic N) is 2. The quantitative estimate of drug-likeness (QED) is 0.414. The number of aryl methyl sites for hydroxylation is 1. The molecule has 34 heavy (non-hydrogen) atoms. The maximum atomic E-state index is 14.1. The fourth-order valence-electron chi connectivity index (χ4n) is 3.32. The zero-order chi connectivity index (χ0) is 25.5. The van der Waals surface area contributed by atoms with Crippen LogP contribution in [0.5, 0.6) is 0 Å². The number of alkyl halides is 6. The molecule has 0 aliphatic carbocycles. The number of anilines is 1. The van der Waals surface area contributed by atoms with Crippen LogP contribution in [-0.2, 0) is 7.05 Å². The molecular formula is C22H20F6N4O2. The zero-order valence-electron chi connectivity index (χ0n) is 18.2. The van der Waals surface area contributed by atoms with Gasteiger partial charge in [0.2, 0.25) is 0 Å². The molecule has 1 amide bonds. The van der Waals surface area contributed by atoms with E-state index in [0.717, 1.165) is 26.8 Å². The molecule has 1 heterocycles. The lowest BCUT2D eigenvalue weighted by Gasteiger charge is -2.38. The highest BCUT2D eigenvalue weighted by molar-refractivity contribution is 5.95. The standard InChI is InChI=1S/C22H20F6N4O2/c1-13-9-11-15(12-10-13)18(33)30-20(21(23,24)25,22(26,27)28)29-17-14(2)31(3)32(19(17)34)16-7-5-4-6-8-16/h4-12,29H,1-3H3,(H,30,33). The van der Waals surface area contributed by atoms with Crippen LogP contribution in [0.4, 0.5) is 32.0 Å². The summed E-state index contributed by atoms with van der Waals surface area (Å²) in [6.45, 7) is 2.82. The summed E-state index contributed by atoms with van der Waals surface area (Å²) in [6, 6.07) is 12.6. The molecule has 3 aromatic rings. The number of amides is 1. The van der Waals surface area contributed by atoms with E-state index in [0.29, 0.717) is 5.56 Å². The molecule has 0 spiro atoms. The lowest BCUT2D eigenvalue weighted by Crippen LogP contribution is -2.72. The minimum absolute atomic E-state index is 0.212. The van der Waals surface area contributed by atoms with Crippen molar-refractivity contribution in [2.24, 2.45) is 7.05 Å². The molecule has 0 saturated heterocycles. The van der Waals surface area contributed by atoms with Gasteiger partial charge in [-0.15, -0.1) is 0 Å². The number of carbonyl (C=O) groups is 1. The van der Waals surface area contributed by atoms with Gasteiger partial charge in [0, 0.05) is 12.6 Å². The largest absolute Gasteiger partial charge is 0.439 e. The first-order valence-electron chi connectivity index (χ1n) is 9.84. The lowest BCUT2D eigenvalue weighted by molar-refractivity contribution is -0.294. The first kappa shape index (κ1) is 24.9. The third-order valence-electron chi connectivity index (χ3n) is 5.33. The number of carbonyl (C=O) groups excluding carboxylic acids is 1. The SMILES string of the molecule is Cc1ccc(C(=O)NC(Nc2c(C)n(C)n(-c3ccccc3)c2=O)(C(F)(F)F)C(F)(F)F)cc1. The van der Waals surface area contributed by atoms with Gasteiger partial charge >= 0.3 is 18.0 Å². The lowest BCUT2D eigenvalue weighted by atomic mass is 10.1. The van der Waals surface area contributed by atoms with Crippen molar-refractivity contribution >= 4 is 11.6 Å². The van der Waals surface area contributed by atoms with Crippen molar-refractivity contribution in [1.29, 1.82) is 0 Å². The average Bonchev–Trinajstić information content (AvgIpc) is 2.95. The molecule has 0 bridgehead atoms. The zero-order valence-corrected chi connectivity index (χ0v) is 18.2. The van der Waals surface area contributed by atoms with Crippen LogP contribution in [0.25, 0.3) is 5.69 Å². The summed E-state index contributed by atoms with van der Waals surface area (Å²) >= 11 is 0. The number of para-hydroxylation sites is 1. The van der Waals surface area contributed by atoms with Crippen molar-refractivity contribution in [3.8, 4) is 5.69 Å². The molecule has 1 aromatic heterocycles. The molecule has 182 valence electrons. The van der Waals surface area contributed by atoms with Gasteiger partial charge in [-0.1, -0.05) is 35.9 Å². The number of hydrogen-bond acceptors (Lipinski definition) is 3. The summed E-state index contributed by atoms with van der Waals surface area (Å²) in [7, 11) is 1.31. The Bertz CT molecular complexity index is 1230. The highest BCUT2D eigenvalue weighted by Gasteiger charge is 2.73. The minimum atomic E-state index is -6.07. The van der Waals surface area contributed by atoms with Gasteiger partial charge in [-0.2, -0.15) is 26.3 Å². The number of hydrogen-bond donors (Lipinski definition) is 2. The minimum Gasteiger partial charge on any atom is -0.342 e. The molecule has 0 unspecified atom stereocenters. The summed E-state index contributed by atoms with van der Waals surface area (Å²) in [5.41, 5.74) is -6.83. The summed E-state index contributed by atoms with van der Waals surface area (Å²) in [5, 5.41) is 2.38. The molecular weight excluding hydrogens is 466 g/mol. The van der Waals surface area contributed by atoms with Crippen molar-refractivity contribution < 1.29 is 31.1 Å². The maximum Gasteiger partial charge on any atom is 0.439 e. The van der Waals surface area contributed by atoms with E-state index in [1.807, 2.05) is 0 Å². The molecule has 0 fully saturated rings. The van der Waals surface area contributed by atoms with E-state index in [-0.39, 0.29) is 11.4 Å². The second-order valence-corrected chi connectivity index (χ2v) is 7.63. The van der Waals surface area contributed by atoms with Gasteiger partial charge in [-0.3, -0.25) is 14.3 Å². The van der Waals surface area contributed by atoms with Crippen LogP contribution < -0.4 is 16.2 Å². The molecule has 6 nitrogen and oxygen atoms in total. The van der Waals surface area contributed by atoms with E-state index in [1.54, 1.807) is 25.1 Å². The van der Waals surface area contributed by atoms with Gasteiger partial charge in [-0.25, -0.2) is 4.68 Å². The Kier molecular flexibility index (Phi) is 6.29. The van der Waals surface area contributed by atoms with Gasteiger partial charge in [0.15, 0.2) is 0 Å².